The summed E-state index contributed by atoms with van der Waals surface area (Å²) in [7, 11) is -4.51. The summed E-state index contributed by atoms with van der Waals surface area (Å²) < 4.78 is 62.9. The van der Waals surface area contributed by atoms with Crippen molar-refractivity contribution >= 4 is 38.1 Å². The normalized spacial score (nSPS) is 20.1. The van der Waals surface area contributed by atoms with Crippen LogP contribution in [-0.4, -0.2) is 96.9 Å². The van der Waals surface area contributed by atoms with E-state index in [2.05, 4.69) is 14.7 Å². The number of amides is 3. The monoisotopic (exact) mass is 508 g/mol. The molecular weight excluding hydrogens is 484 g/mol. The van der Waals surface area contributed by atoms with Gasteiger partial charge in [0.05, 0.1) is 29.4 Å². The van der Waals surface area contributed by atoms with Crippen LogP contribution in [0.1, 0.15) is 29.0 Å². The molecule has 0 radical (unpaired) electrons. The third-order valence-corrected chi connectivity index (χ3v) is 7.02. The fourth-order valence-electron chi connectivity index (χ4n) is 3.88. The van der Waals surface area contributed by atoms with Crippen LogP contribution in [0.15, 0.2) is 0 Å². The minimum Gasteiger partial charge on any atom is -0.370 e. The molecule has 2 aliphatic heterocycles. The van der Waals surface area contributed by atoms with E-state index in [9.17, 15) is 26.4 Å². The van der Waals surface area contributed by atoms with Gasteiger partial charge in [0.2, 0.25) is 0 Å². The molecule has 1 aromatic rings. The fraction of sp³-hybridized carbons (Fsp3) is 0.600. The number of hydrogen-bond donors (Lipinski definition) is 4. The van der Waals surface area contributed by atoms with Crippen molar-refractivity contribution < 1.29 is 35.3 Å². The lowest BCUT2D eigenvalue weighted by atomic mass is 9.95. The van der Waals surface area contributed by atoms with E-state index in [0.717, 1.165) is 4.90 Å². The number of fused-ring (bicyclic) bond motifs is 4. The Morgan fingerprint density at radius 2 is 2.00 bits per heavy atom. The zero-order chi connectivity index (χ0) is 24.9. The number of urea groups is 1. The van der Waals surface area contributed by atoms with E-state index in [1.54, 1.807) is 0 Å². The van der Waals surface area contributed by atoms with Gasteiger partial charge in [-0.15, -0.1) is 4.28 Å². The van der Waals surface area contributed by atoms with Crippen molar-refractivity contribution in [1.82, 2.24) is 30.0 Å². The molecule has 0 aromatic carbocycles. The van der Waals surface area contributed by atoms with Crippen molar-refractivity contribution in [3.63, 3.8) is 0 Å². The first-order valence-electron chi connectivity index (χ1n) is 9.45. The van der Waals surface area contributed by atoms with Crippen molar-refractivity contribution in [2.75, 3.05) is 32.9 Å². The summed E-state index contributed by atoms with van der Waals surface area (Å²) in [5.41, 5.74) is 5.50. The molecule has 1 aromatic heterocycles. The molecule has 184 valence electrons. The van der Waals surface area contributed by atoms with Gasteiger partial charge in [0, 0.05) is 33.3 Å². The molecular formula is C15H24N8O8S2. The first kappa shape index (κ1) is 24.7. The van der Waals surface area contributed by atoms with Gasteiger partial charge in [-0.2, -0.15) is 18.6 Å². The second kappa shape index (κ2) is 8.43. The molecule has 2 bridgehead atoms. The van der Waals surface area contributed by atoms with Crippen LogP contribution < -0.4 is 11.1 Å². The van der Waals surface area contributed by atoms with Crippen molar-refractivity contribution in [2.24, 2.45) is 12.8 Å². The molecule has 2 atom stereocenters. The van der Waals surface area contributed by atoms with Crippen molar-refractivity contribution in [3.05, 3.63) is 17.0 Å². The Kier molecular flexibility index (Phi) is 6.30. The van der Waals surface area contributed by atoms with Crippen LogP contribution >= 0.6 is 0 Å². The summed E-state index contributed by atoms with van der Waals surface area (Å²) in [4.78, 5) is 28.1. The predicted octanol–water partition coefficient (Wildman–Crippen LogP) is -2.53. The van der Waals surface area contributed by atoms with E-state index in [0.29, 0.717) is 5.06 Å². The summed E-state index contributed by atoms with van der Waals surface area (Å²) in [6.45, 7) is -0.321. The van der Waals surface area contributed by atoms with Crippen LogP contribution in [0.2, 0.25) is 0 Å². The number of nitrogens with one attached hydrogen (secondary N) is 2. The number of hydrogen-bond acceptors (Lipinski definition) is 9. The lowest BCUT2D eigenvalue weighted by Crippen LogP contribution is -2.44. The largest absolute Gasteiger partial charge is 0.418 e. The minimum absolute atomic E-state index is 0.00447. The molecule has 18 heteroatoms. The number of nitrogens with two attached hydrogens (primary N) is 1. The average Bonchev–Trinajstić information content (AvgIpc) is 3.10. The number of rotatable bonds is 8. The summed E-state index contributed by atoms with van der Waals surface area (Å²) in [5.74, 6) is -1.91. The minimum atomic E-state index is -5.10. The quantitative estimate of drug-likeness (QED) is 0.163. The molecule has 0 spiro atoms. The van der Waals surface area contributed by atoms with E-state index >= 15 is 0 Å². The van der Waals surface area contributed by atoms with Crippen LogP contribution in [-0.2, 0) is 42.1 Å². The van der Waals surface area contributed by atoms with Crippen LogP contribution in [0.4, 0.5) is 4.79 Å². The van der Waals surface area contributed by atoms with Gasteiger partial charge in [-0.05, 0) is 0 Å². The number of nitrogens with zero attached hydrogens (tertiary/aromatic N) is 5. The molecule has 0 saturated carbocycles. The van der Waals surface area contributed by atoms with Gasteiger partial charge in [-0.1, -0.05) is 0 Å². The van der Waals surface area contributed by atoms with Gasteiger partial charge in [0.15, 0.2) is 21.8 Å². The number of carbonyl (C=O) groups excluding carboxylic acids is 2. The summed E-state index contributed by atoms with van der Waals surface area (Å²) >= 11 is 0. The Hall–Kier alpha value is -2.96. The number of hydroxylamine groups is 2. The first-order valence-corrected chi connectivity index (χ1v) is 12.6. The molecule has 1 fully saturated rings. The molecule has 33 heavy (non-hydrogen) atoms. The van der Waals surface area contributed by atoms with Crippen molar-refractivity contribution in [3.8, 4) is 0 Å². The highest BCUT2D eigenvalue weighted by molar-refractivity contribution is 7.90. The predicted molar refractivity (Wildman–Crippen MR) is 111 cm³/mol. The van der Waals surface area contributed by atoms with Crippen molar-refractivity contribution in [1.29, 1.82) is 5.41 Å². The fourth-order valence-corrected chi connectivity index (χ4v) is 5.44. The van der Waals surface area contributed by atoms with Crippen LogP contribution in [0, 0.1) is 5.41 Å². The summed E-state index contributed by atoms with van der Waals surface area (Å²) in [6.07, 6.45) is 0. The highest BCUT2D eigenvalue weighted by atomic mass is 32.3. The molecule has 2 unspecified atom stereocenters. The van der Waals surface area contributed by atoms with Crippen LogP contribution in [0.3, 0.4) is 0 Å². The molecule has 1 saturated heterocycles. The number of aromatic nitrogens is 2. The zero-order valence-electron chi connectivity index (χ0n) is 17.9. The summed E-state index contributed by atoms with van der Waals surface area (Å²) in [5, 5.41) is 14.1. The van der Waals surface area contributed by atoms with E-state index in [-0.39, 0.29) is 35.8 Å². The first-order chi connectivity index (χ1) is 15.1. The van der Waals surface area contributed by atoms with E-state index in [1.165, 1.54) is 30.7 Å². The number of aryl methyl sites for hydroxylation is 1. The number of sulfone groups is 1. The smallest absolute Gasteiger partial charge is 0.370 e. The van der Waals surface area contributed by atoms with Gasteiger partial charge in [0.1, 0.15) is 6.04 Å². The highest BCUT2D eigenvalue weighted by Crippen LogP contribution is 2.46. The second-order valence-electron chi connectivity index (χ2n) is 7.72. The molecule has 3 rings (SSSR count). The van der Waals surface area contributed by atoms with E-state index in [1.807, 2.05) is 0 Å². The molecule has 3 heterocycles. The average molecular weight is 509 g/mol. The Balaban J connectivity index is 2.08. The Bertz CT molecular complexity index is 1210. The van der Waals surface area contributed by atoms with Crippen LogP contribution in [0.25, 0.3) is 0 Å². The van der Waals surface area contributed by atoms with Gasteiger partial charge in [-0.25, -0.2) is 13.2 Å². The second-order valence-corrected chi connectivity index (χ2v) is 10.9. The van der Waals surface area contributed by atoms with Gasteiger partial charge in [0.25, 0.3) is 5.91 Å². The lowest BCUT2D eigenvalue weighted by Gasteiger charge is -2.32. The molecule has 2 aliphatic rings. The maximum Gasteiger partial charge on any atom is 0.418 e. The summed E-state index contributed by atoms with van der Waals surface area (Å²) in [6, 6.07) is -3.36. The third kappa shape index (κ3) is 4.87. The van der Waals surface area contributed by atoms with Gasteiger partial charge in [-0.3, -0.25) is 19.4 Å². The molecule has 16 nitrogen and oxygen atoms in total. The Morgan fingerprint density at radius 1 is 1.36 bits per heavy atom. The van der Waals surface area contributed by atoms with Crippen LogP contribution in [0.5, 0.6) is 0 Å². The third-order valence-electron chi connectivity index (χ3n) is 5.13. The molecule has 0 aliphatic carbocycles. The van der Waals surface area contributed by atoms with Gasteiger partial charge >= 0.3 is 16.4 Å². The Labute approximate surface area is 189 Å². The van der Waals surface area contributed by atoms with E-state index in [4.69, 9.17) is 15.7 Å². The van der Waals surface area contributed by atoms with Crippen molar-refractivity contribution in [2.45, 2.75) is 17.8 Å². The maximum absolute atomic E-state index is 12.9. The molecule has 3 amide bonds. The van der Waals surface area contributed by atoms with E-state index < -0.39 is 56.0 Å². The number of carbonyl (C=O) groups is 2. The van der Waals surface area contributed by atoms with Gasteiger partial charge < -0.3 is 20.9 Å². The lowest BCUT2D eigenvalue weighted by molar-refractivity contribution is -0.134. The maximum atomic E-state index is 12.9. The SMILES string of the molecule is CN(C)C(=O)C1c2c(c(CS(=O)(=O)CCNC(=N)N)nn2C)C2CN1C(=O)N2OS(=O)(=O)O. The number of guanidine groups is 1. The highest BCUT2D eigenvalue weighted by Gasteiger charge is 2.55. The zero-order valence-corrected chi connectivity index (χ0v) is 19.6. The topological polar surface area (TPSA) is 221 Å². The number of likely N-dealkylation sites (N-methyl/N-ethyl adjacent to an activating group) is 1. The standard InChI is InChI=1S/C15H24N8O8S2/c1-20(2)13(24)12-11-10(9-6-22(12)15(25)23(9)31-33(28,29)30)8(19-21(11)3)7-32(26,27)5-4-18-14(16)17/h9,12H,4-7H2,1-3H3,(H4,16,17,18)(H,28,29,30). The molecule has 5 N–H and O–H groups in total. The Morgan fingerprint density at radius 3 is 2.55 bits per heavy atom.